The summed E-state index contributed by atoms with van der Waals surface area (Å²) in [6.07, 6.45) is 0. The van der Waals surface area contributed by atoms with Crippen molar-refractivity contribution < 1.29 is 4.74 Å². The van der Waals surface area contributed by atoms with E-state index in [0.717, 1.165) is 11.3 Å². The van der Waals surface area contributed by atoms with Gasteiger partial charge < -0.3 is 4.74 Å². The van der Waals surface area contributed by atoms with Gasteiger partial charge in [0.15, 0.2) is 0 Å². The van der Waals surface area contributed by atoms with E-state index in [4.69, 9.17) is 10.3 Å². The van der Waals surface area contributed by atoms with Crippen LogP contribution in [0.3, 0.4) is 0 Å². The Balaban J connectivity index is 2.36. The van der Waals surface area contributed by atoms with E-state index in [1.54, 1.807) is 18.2 Å². The molecular formula is C13H11N3O. The summed E-state index contributed by atoms with van der Waals surface area (Å²) in [5.41, 5.74) is 9.98. The Bertz CT molecular complexity index is 574. The number of azide groups is 1. The SMILES string of the molecule is Cc1ccccc1Oc1ccccc1N=[N+]=[N-]. The Labute approximate surface area is 99.1 Å². The third kappa shape index (κ3) is 2.56. The predicted molar refractivity (Wildman–Crippen MR) is 66.5 cm³/mol. The highest BCUT2D eigenvalue weighted by molar-refractivity contribution is 5.53. The van der Waals surface area contributed by atoms with Crippen molar-refractivity contribution in [2.24, 2.45) is 5.11 Å². The first-order valence-electron chi connectivity index (χ1n) is 5.19. The van der Waals surface area contributed by atoms with Gasteiger partial charge in [0.05, 0.1) is 5.69 Å². The topological polar surface area (TPSA) is 58.0 Å². The zero-order valence-electron chi connectivity index (χ0n) is 9.37. The van der Waals surface area contributed by atoms with Crippen LogP contribution in [0.5, 0.6) is 11.5 Å². The van der Waals surface area contributed by atoms with E-state index < -0.39 is 0 Å². The number of para-hydroxylation sites is 2. The van der Waals surface area contributed by atoms with Crippen molar-refractivity contribution >= 4 is 5.69 Å². The Morgan fingerprint density at radius 1 is 1.00 bits per heavy atom. The molecule has 0 saturated carbocycles. The highest BCUT2D eigenvalue weighted by atomic mass is 16.5. The lowest BCUT2D eigenvalue weighted by Crippen LogP contribution is -1.86. The largest absolute Gasteiger partial charge is 0.457 e. The molecule has 4 heteroatoms. The normalized spacial score (nSPS) is 9.47. The number of hydrogen-bond donors (Lipinski definition) is 0. The summed E-state index contributed by atoms with van der Waals surface area (Å²) < 4.78 is 5.73. The Hall–Kier alpha value is -2.45. The molecular weight excluding hydrogens is 214 g/mol. The third-order valence-electron chi connectivity index (χ3n) is 2.33. The Kier molecular flexibility index (Phi) is 3.28. The van der Waals surface area contributed by atoms with Crippen LogP contribution < -0.4 is 4.74 Å². The monoisotopic (exact) mass is 225 g/mol. The van der Waals surface area contributed by atoms with Crippen molar-refractivity contribution in [1.29, 1.82) is 0 Å². The number of aryl methyl sites for hydroxylation is 1. The molecule has 17 heavy (non-hydrogen) atoms. The quantitative estimate of drug-likeness (QED) is 0.423. The van der Waals surface area contributed by atoms with Gasteiger partial charge >= 0.3 is 0 Å². The summed E-state index contributed by atoms with van der Waals surface area (Å²) in [4.78, 5) is 2.78. The summed E-state index contributed by atoms with van der Waals surface area (Å²) in [5, 5.41) is 3.59. The minimum atomic E-state index is 0.484. The van der Waals surface area contributed by atoms with Crippen LogP contribution in [0, 0.1) is 6.92 Å². The van der Waals surface area contributed by atoms with Crippen molar-refractivity contribution in [3.05, 3.63) is 64.5 Å². The molecule has 84 valence electrons. The van der Waals surface area contributed by atoms with Crippen molar-refractivity contribution in [1.82, 2.24) is 0 Å². The molecule has 0 aliphatic rings. The van der Waals surface area contributed by atoms with Crippen molar-refractivity contribution in [2.75, 3.05) is 0 Å². The first-order chi connectivity index (χ1) is 8.31. The van der Waals surface area contributed by atoms with Crippen LogP contribution in [-0.4, -0.2) is 0 Å². The summed E-state index contributed by atoms with van der Waals surface area (Å²) in [6.45, 7) is 1.96. The van der Waals surface area contributed by atoms with E-state index in [1.165, 1.54) is 0 Å². The molecule has 0 fully saturated rings. The maximum atomic E-state index is 8.47. The Morgan fingerprint density at radius 2 is 1.65 bits per heavy atom. The zero-order valence-corrected chi connectivity index (χ0v) is 9.37. The van der Waals surface area contributed by atoms with E-state index in [0.29, 0.717) is 11.4 Å². The van der Waals surface area contributed by atoms with Crippen LogP contribution in [0.1, 0.15) is 5.56 Å². The Morgan fingerprint density at radius 3 is 2.35 bits per heavy atom. The number of benzene rings is 2. The predicted octanol–water partition coefficient (Wildman–Crippen LogP) is 4.73. The van der Waals surface area contributed by atoms with Crippen LogP contribution in [0.4, 0.5) is 5.69 Å². The molecule has 0 aliphatic carbocycles. The lowest BCUT2D eigenvalue weighted by molar-refractivity contribution is 0.480. The van der Waals surface area contributed by atoms with Crippen LogP contribution in [0.2, 0.25) is 0 Å². The average molecular weight is 225 g/mol. The summed E-state index contributed by atoms with van der Waals surface area (Å²) in [5.74, 6) is 1.31. The van der Waals surface area contributed by atoms with Gasteiger partial charge in [-0.1, -0.05) is 35.4 Å². The average Bonchev–Trinajstić information content (AvgIpc) is 2.35. The van der Waals surface area contributed by atoms with Gasteiger partial charge in [0, 0.05) is 4.91 Å². The van der Waals surface area contributed by atoms with E-state index >= 15 is 0 Å². The minimum absolute atomic E-state index is 0.484. The molecule has 4 nitrogen and oxygen atoms in total. The number of ether oxygens (including phenoxy) is 1. The molecule has 0 N–H and O–H groups in total. The lowest BCUT2D eigenvalue weighted by Gasteiger charge is -2.09. The molecule has 0 heterocycles. The zero-order chi connectivity index (χ0) is 12.1. The maximum Gasteiger partial charge on any atom is 0.137 e. The summed E-state index contributed by atoms with van der Waals surface area (Å²) >= 11 is 0. The molecule has 0 bridgehead atoms. The first kappa shape index (κ1) is 11.0. The van der Waals surface area contributed by atoms with E-state index in [-0.39, 0.29) is 0 Å². The van der Waals surface area contributed by atoms with E-state index in [9.17, 15) is 0 Å². The van der Waals surface area contributed by atoms with Gasteiger partial charge in [0.1, 0.15) is 11.5 Å². The molecule has 0 spiro atoms. The van der Waals surface area contributed by atoms with Crippen LogP contribution in [0.15, 0.2) is 53.6 Å². The van der Waals surface area contributed by atoms with Crippen LogP contribution >= 0.6 is 0 Å². The number of rotatable bonds is 3. The highest BCUT2D eigenvalue weighted by Crippen LogP contribution is 2.32. The van der Waals surface area contributed by atoms with E-state index in [2.05, 4.69) is 10.0 Å². The molecule has 0 aromatic heterocycles. The van der Waals surface area contributed by atoms with Gasteiger partial charge in [-0.2, -0.15) is 0 Å². The van der Waals surface area contributed by atoms with Gasteiger partial charge in [-0.05, 0) is 36.2 Å². The summed E-state index contributed by atoms with van der Waals surface area (Å²) in [6, 6.07) is 14.8. The van der Waals surface area contributed by atoms with Crippen molar-refractivity contribution in [3.63, 3.8) is 0 Å². The van der Waals surface area contributed by atoms with Crippen LogP contribution in [0.25, 0.3) is 10.4 Å². The van der Waals surface area contributed by atoms with Gasteiger partial charge in [-0.15, -0.1) is 0 Å². The number of nitrogens with zero attached hydrogens (tertiary/aromatic N) is 3. The first-order valence-corrected chi connectivity index (χ1v) is 5.19. The standard InChI is InChI=1S/C13H11N3O/c1-10-6-2-4-8-12(10)17-13-9-5-3-7-11(13)15-16-14/h2-9H,1H3. The van der Waals surface area contributed by atoms with Gasteiger partial charge in [-0.25, -0.2) is 0 Å². The second-order valence-corrected chi connectivity index (χ2v) is 3.52. The molecule has 0 aliphatic heterocycles. The second kappa shape index (κ2) is 5.05. The number of hydrogen-bond acceptors (Lipinski definition) is 2. The maximum absolute atomic E-state index is 8.47. The fourth-order valence-corrected chi connectivity index (χ4v) is 1.46. The van der Waals surface area contributed by atoms with Crippen LogP contribution in [-0.2, 0) is 0 Å². The molecule has 0 atom stereocenters. The fraction of sp³-hybridized carbons (Fsp3) is 0.0769. The van der Waals surface area contributed by atoms with Gasteiger partial charge in [0.2, 0.25) is 0 Å². The van der Waals surface area contributed by atoms with Crippen molar-refractivity contribution in [2.45, 2.75) is 6.92 Å². The highest BCUT2D eigenvalue weighted by Gasteiger charge is 2.04. The minimum Gasteiger partial charge on any atom is -0.457 e. The van der Waals surface area contributed by atoms with Gasteiger partial charge in [0.25, 0.3) is 0 Å². The summed E-state index contributed by atoms with van der Waals surface area (Å²) in [7, 11) is 0. The molecule has 2 rings (SSSR count). The molecule has 2 aromatic rings. The van der Waals surface area contributed by atoms with E-state index in [1.807, 2.05) is 37.3 Å². The third-order valence-corrected chi connectivity index (χ3v) is 2.33. The molecule has 0 unspecified atom stereocenters. The molecule has 0 saturated heterocycles. The fourth-order valence-electron chi connectivity index (χ4n) is 1.46. The molecule has 2 aromatic carbocycles. The molecule has 0 amide bonds. The molecule has 0 radical (unpaired) electrons. The smallest absolute Gasteiger partial charge is 0.137 e. The second-order valence-electron chi connectivity index (χ2n) is 3.52. The van der Waals surface area contributed by atoms with Gasteiger partial charge in [-0.3, -0.25) is 0 Å². The lowest BCUT2D eigenvalue weighted by atomic mass is 10.2. The van der Waals surface area contributed by atoms with Crippen molar-refractivity contribution in [3.8, 4) is 11.5 Å².